The number of nitriles is 1. The Morgan fingerprint density at radius 1 is 0.651 bits per heavy atom. The summed E-state index contributed by atoms with van der Waals surface area (Å²) in [5.74, 6) is -1.40. The molecule has 0 atom stereocenters. The second kappa shape index (κ2) is 15.0. The van der Waals surface area contributed by atoms with Crippen molar-refractivity contribution in [3.63, 3.8) is 0 Å². The monoisotopic (exact) mass is 615 g/mol. The van der Waals surface area contributed by atoms with Gasteiger partial charge in [0.15, 0.2) is 0 Å². The number of nitrogens with zero attached hydrogens (tertiary/aromatic N) is 1. The molecule has 0 saturated carbocycles. The summed E-state index contributed by atoms with van der Waals surface area (Å²) in [6.07, 6.45) is 5.70. The first-order valence-electron chi connectivity index (χ1n) is 13.6. The molecule has 0 fully saturated rings. The summed E-state index contributed by atoms with van der Waals surface area (Å²) in [7, 11) is 0. The maximum absolute atomic E-state index is 12.7. The molecule has 4 aromatic carbocycles. The standard InChI is InChI=1S/C34H27Cl2NO6/c1-2-3-4-5-6-22-7-9-23(10-8-22)32(38)41-26-14-11-24(12-15-26)33(39)42-28-17-18-29(31(36)20-28)34(40)43-27-16-13-25(21-37)30(35)19-27/h7-20H,2-6H2,1H3. The Balaban J connectivity index is 1.31. The van der Waals surface area contributed by atoms with E-state index in [2.05, 4.69) is 6.92 Å². The molecule has 4 aromatic rings. The van der Waals surface area contributed by atoms with Crippen LogP contribution in [0.2, 0.25) is 10.0 Å². The second-order valence-corrected chi connectivity index (χ2v) is 10.4. The quantitative estimate of drug-likeness (QED) is 0.0944. The lowest BCUT2D eigenvalue weighted by Crippen LogP contribution is -2.11. The molecule has 0 spiro atoms. The van der Waals surface area contributed by atoms with Gasteiger partial charge in [0.1, 0.15) is 23.3 Å². The van der Waals surface area contributed by atoms with Crippen LogP contribution in [0.3, 0.4) is 0 Å². The van der Waals surface area contributed by atoms with E-state index < -0.39 is 17.9 Å². The van der Waals surface area contributed by atoms with Crippen molar-refractivity contribution in [3.8, 4) is 23.3 Å². The molecule has 0 aliphatic carbocycles. The number of rotatable bonds is 11. The first kappa shape index (κ1) is 31.3. The van der Waals surface area contributed by atoms with Crippen LogP contribution in [0.5, 0.6) is 17.2 Å². The highest BCUT2D eigenvalue weighted by molar-refractivity contribution is 6.34. The first-order valence-corrected chi connectivity index (χ1v) is 14.4. The predicted molar refractivity (Wildman–Crippen MR) is 163 cm³/mol. The highest BCUT2D eigenvalue weighted by Gasteiger charge is 2.17. The number of carbonyl (C=O) groups excluding carboxylic acids is 3. The fourth-order valence-corrected chi connectivity index (χ4v) is 4.55. The summed E-state index contributed by atoms with van der Waals surface area (Å²) in [5.41, 5.74) is 2.11. The maximum atomic E-state index is 12.7. The van der Waals surface area contributed by atoms with Crippen molar-refractivity contribution in [2.24, 2.45) is 0 Å². The largest absolute Gasteiger partial charge is 0.423 e. The maximum Gasteiger partial charge on any atom is 0.345 e. The number of hydrogen-bond donors (Lipinski definition) is 0. The van der Waals surface area contributed by atoms with E-state index in [9.17, 15) is 14.4 Å². The van der Waals surface area contributed by atoms with Gasteiger partial charge in [-0.05, 0) is 79.1 Å². The summed E-state index contributed by atoms with van der Waals surface area (Å²) in [6.45, 7) is 2.18. The fourth-order valence-electron chi connectivity index (χ4n) is 4.09. The van der Waals surface area contributed by atoms with Crippen molar-refractivity contribution in [2.75, 3.05) is 0 Å². The molecule has 9 heteroatoms. The van der Waals surface area contributed by atoms with E-state index in [0.717, 1.165) is 12.8 Å². The van der Waals surface area contributed by atoms with Crippen molar-refractivity contribution in [3.05, 3.63) is 123 Å². The fraction of sp³-hybridized carbons (Fsp3) is 0.176. The van der Waals surface area contributed by atoms with Gasteiger partial charge in [-0.1, -0.05) is 61.5 Å². The van der Waals surface area contributed by atoms with E-state index in [1.54, 1.807) is 12.1 Å². The van der Waals surface area contributed by atoms with Crippen molar-refractivity contribution >= 4 is 41.1 Å². The van der Waals surface area contributed by atoms with Gasteiger partial charge in [-0.25, -0.2) is 14.4 Å². The second-order valence-electron chi connectivity index (χ2n) is 9.60. The zero-order valence-corrected chi connectivity index (χ0v) is 24.8. The molecule has 0 amide bonds. The molecule has 0 aliphatic heterocycles. The lowest BCUT2D eigenvalue weighted by atomic mass is 10.0. The average Bonchev–Trinajstić information content (AvgIpc) is 3.00. The van der Waals surface area contributed by atoms with E-state index in [0.29, 0.717) is 5.56 Å². The Hall–Kier alpha value is -4.64. The smallest absolute Gasteiger partial charge is 0.345 e. The molecule has 0 saturated heterocycles. The molecule has 218 valence electrons. The van der Waals surface area contributed by atoms with Crippen LogP contribution in [0.25, 0.3) is 0 Å². The third-order valence-corrected chi connectivity index (χ3v) is 7.08. The number of halogens is 2. The zero-order valence-electron chi connectivity index (χ0n) is 23.3. The van der Waals surface area contributed by atoms with E-state index in [-0.39, 0.29) is 44.0 Å². The van der Waals surface area contributed by atoms with Gasteiger partial charge in [0, 0.05) is 12.1 Å². The number of esters is 3. The Kier molecular flexibility index (Phi) is 10.9. The van der Waals surface area contributed by atoms with Crippen LogP contribution in [-0.4, -0.2) is 17.9 Å². The van der Waals surface area contributed by atoms with Gasteiger partial charge >= 0.3 is 17.9 Å². The van der Waals surface area contributed by atoms with Gasteiger partial charge in [-0.3, -0.25) is 0 Å². The van der Waals surface area contributed by atoms with Gasteiger partial charge < -0.3 is 14.2 Å². The van der Waals surface area contributed by atoms with Gasteiger partial charge in [0.05, 0.1) is 32.3 Å². The number of benzene rings is 4. The molecule has 4 rings (SSSR count). The molecule has 7 nitrogen and oxygen atoms in total. The molecule has 0 aliphatic rings. The summed E-state index contributed by atoms with van der Waals surface area (Å²) in [4.78, 5) is 37.8. The summed E-state index contributed by atoms with van der Waals surface area (Å²) >= 11 is 12.2. The number of unbranched alkanes of at least 4 members (excludes halogenated alkanes) is 3. The van der Waals surface area contributed by atoms with Gasteiger partial charge in [-0.15, -0.1) is 0 Å². The lowest BCUT2D eigenvalue weighted by Gasteiger charge is -2.09. The highest BCUT2D eigenvalue weighted by atomic mass is 35.5. The Bertz CT molecular complexity index is 1660. The van der Waals surface area contributed by atoms with Crippen LogP contribution in [-0.2, 0) is 6.42 Å². The summed E-state index contributed by atoms with van der Waals surface area (Å²) in [5, 5.41) is 9.12. The average molecular weight is 616 g/mol. The number of carbonyl (C=O) groups is 3. The lowest BCUT2D eigenvalue weighted by molar-refractivity contribution is 0.0725. The Morgan fingerprint density at radius 3 is 1.77 bits per heavy atom. The Morgan fingerprint density at radius 2 is 1.19 bits per heavy atom. The van der Waals surface area contributed by atoms with Crippen LogP contribution < -0.4 is 14.2 Å². The van der Waals surface area contributed by atoms with Crippen molar-refractivity contribution in [2.45, 2.75) is 39.0 Å². The molecule has 0 radical (unpaired) electrons. The van der Waals surface area contributed by atoms with Gasteiger partial charge in [0.25, 0.3) is 0 Å². The van der Waals surface area contributed by atoms with E-state index in [1.807, 2.05) is 18.2 Å². The minimum atomic E-state index is -0.757. The third-order valence-electron chi connectivity index (χ3n) is 6.45. The van der Waals surface area contributed by atoms with E-state index in [1.165, 1.54) is 85.5 Å². The summed E-state index contributed by atoms with van der Waals surface area (Å²) < 4.78 is 16.1. The third kappa shape index (κ3) is 8.68. The molecule has 0 heterocycles. The summed E-state index contributed by atoms with van der Waals surface area (Å²) in [6, 6.07) is 23.5. The molecule has 0 unspecified atom stereocenters. The van der Waals surface area contributed by atoms with Crippen molar-refractivity contribution < 1.29 is 28.6 Å². The highest BCUT2D eigenvalue weighted by Crippen LogP contribution is 2.27. The SMILES string of the molecule is CCCCCCc1ccc(C(=O)Oc2ccc(C(=O)Oc3ccc(C(=O)Oc4ccc(C#N)c(Cl)c4)c(Cl)c3)cc2)cc1. The van der Waals surface area contributed by atoms with Crippen LogP contribution in [0.4, 0.5) is 0 Å². The number of ether oxygens (including phenoxy) is 3. The molecular formula is C34H27Cl2NO6. The van der Waals surface area contributed by atoms with Crippen LogP contribution >= 0.6 is 23.2 Å². The first-order chi connectivity index (χ1) is 20.8. The topological polar surface area (TPSA) is 103 Å². The van der Waals surface area contributed by atoms with E-state index >= 15 is 0 Å². The zero-order chi connectivity index (χ0) is 30.8. The Labute approximate surface area is 259 Å². The van der Waals surface area contributed by atoms with Crippen LogP contribution in [0.15, 0.2) is 84.9 Å². The van der Waals surface area contributed by atoms with Crippen LogP contribution in [0, 0.1) is 11.3 Å². The van der Waals surface area contributed by atoms with Gasteiger partial charge in [0.2, 0.25) is 0 Å². The van der Waals surface area contributed by atoms with E-state index in [4.69, 9.17) is 42.7 Å². The van der Waals surface area contributed by atoms with Crippen LogP contribution in [0.1, 0.15) is 74.8 Å². The number of hydrogen-bond acceptors (Lipinski definition) is 7. The molecule has 0 bridgehead atoms. The molecule has 43 heavy (non-hydrogen) atoms. The normalized spacial score (nSPS) is 10.5. The minimum Gasteiger partial charge on any atom is -0.423 e. The number of aryl methyl sites for hydroxylation is 1. The van der Waals surface area contributed by atoms with Gasteiger partial charge in [-0.2, -0.15) is 5.26 Å². The predicted octanol–water partition coefficient (Wildman–Crippen LogP) is 8.65. The molecule has 0 aromatic heterocycles. The minimum absolute atomic E-state index is 0.00169. The van der Waals surface area contributed by atoms with Crippen molar-refractivity contribution in [1.29, 1.82) is 5.26 Å². The van der Waals surface area contributed by atoms with Crippen molar-refractivity contribution in [1.82, 2.24) is 0 Å². The molecular weight excluding hydrogens is 589 g/mol. The molecule has 0 N–H and O–H groups in total.